The van der Waals surface area contributed by atoms with Crippen molar-refractivity contribution in [1.29, 1.82) is 0 Å². The van der Waals surface area contributed by atoms with Gasteiger partial charge in [0.2, 0.25) is 0 Å². The fourth-order valence-corrected chi connectivity index (χ4v) is 2.33. The summed E-state index contributed by atoms with van der Waals surface area (Å²) < 4.78 is 4.98. The van der Waals surface area contributed by atoms with Crippen molar-refractivity contribution in [3.8, 4) is 0 Å². The van der Waals surface area contributed by atoms with Crippen LogP contribution in [-0.4, -0.2) is 19.5 Å². The van der Waals surface area contributed by atoms with Gasteiger partial charge in [0.05, 0.1) is 10.7 Å². The van der Waals surface area contributed by atoms with Crippen molar-refractivity contribution in [1.82, 2.24) is 0 Å². The van der Waals surface area contributed by atoms with Crippen LogP contribution in [0, 0.1) is 0 Å². The number of ether oxygens (including phenoxy) is 1. The molecule has 0 unspecified atom stereocenters. The topological polar surface area (TPSA) is 35.2 Å². The van der Waals surface area contributed by atoms with Crippen LogP contribution in [0.25, 0.3) is 0 Å². The highest BCUT2D eigenvalue weighted by atomic mass is 35.5. The summed E-state index contributed by atoms with van der Waals surface area (Å²) in [6.45, 7) is 0.836. The van der Waals surface area contributed by atoms with Crippen molar-refractivity contribution < 1.29 is 4.74 Å². The van der Waals surface area contributed by atoms with E-state index in [9.17, 15) is 0 Å². The Morgan fingerprint density at radius 3 is 2.87 bits per heavy atom. The van der Waals surface area contributed by atoms with Gasteiger partial charge in [-0.15, -0.1) is 11.8 Å². The minimum absolute atomic E-state index is 0.636. The molecule has 0 bridgehead atoms. The molecule has 2 N–H and O–H groups in total. The first kappa shape index (κ1) is 12.7. The SMILES string of the molecule is COCCCCSc1ccc(N)c(Cl)c1. The molecule has 4 heteroatoms. The molecule has 0 aromatic heterocycles. The maximum Gasteiger partial charge on any atom is 0.0646 e. The highest BCUT2D eigenvalue weighted by Gasteiger charge is 1.98. The number of methoxy groups -OCH3 is 1. The van der Waals surface area contributed by atoms with Crippen molar-refractivity contribution in [3.05, 3.63) is 23.2 Å². The second-order valence-electron chi connectivity index (χ2n) is 3.23. The lowest BCUT2D eigenvalue weighted by atomic mass is 10.3. The predicted molar refractivity (Wildman–Crippen MR) is 67.7 cm³/mol. The van der Waals surface area contributed by atoms with E-state index >= 15 is 0 Å². The predicted octanol–water partition coefficient (Wildman–Crippen LogP) is 3.44. The number of rotatable bonds is 6. The van der Waals surface area contributed by atoms with Gasteiger partial charge in [-0.25, -0.2) is 0 Å². The Hall–Kier alpha value is -0.380. The van der Waals surface area contributed by atoms with Gasteiger partial charge in [0.1, 0.15) is 0 Å². The first-order valence-electron chi connectivity index (χ1n) is 4.91. The number of thioether (sulfide) groups is 1. The summed E-state index contributed by atoms with van der Waals surface area (Å²) in [6, 6.07) is 5.76. The molecule has 0 aliphatic rings. The van der Waals surface area contributed by atoms with Crippen molar-refractivity contribution >= 4 is 29.1 Å². The summed E-state index contributed by atoms with van der Waals surface area (Å²) in [5, 5.41) is 0.636. The molecule has 84 valence electrons. The van der Waals surface area contributed by atoms with E-state index in [1.807, 2.05) is 18.2 Å². The summed E-state index contributed by atoms with van der Waals surface area (Å²) in [5.74, 6) is 1.09. The molecule has 15 heavy (non-hydrogen) atoms. The van der Waals surface area contributed by atoms with Crippen LogP contribution in [0.4, 0.5) is 5.69 Å². The fourth-order valence-electron chi connectivity index (χ4n) is 1.14. The standard InChI is InChI=1S/C11H16ClNOS/c1-14-6-2-3-7-15-9-4-5-11(13)10(12)8-9/h4-5,8H,2-3,6-7,13H2,1H3. The van der Waals surface area contributed by atoms with E-state index < -0.39 is 0 Å². The van der Waals surface area contributed by atoms with Crippen LogP contribution in [0.2, 0.25) is 5.02 Å². The lowest BCUT2D eigenvalue weighted by molar-refractivity contribution is 0.194. The Labute approximate surface area is 100 Å². The van der Waals surface area contributed by atoms with Crippen LogP contribution < -0.4 is 5.73 Å². The molecule has 0 aliphatic heterocycles. The van der Waals surface area contributed by atoms with Crippen LogP contribution >= 0.6 is 23.4 Å². The van der Waals surface area contributed by atoms with E-state index in [1.165, 1.54) is 4.90 Å². The van der Waals surface area contributed by atoms with Gasteiger partial charge in [0.25, 0.3) is 0 Å². The van der Waals surface area contributed by atoms with Gasteiger partial charge in [0.15, 0.2) is 0 Å². The van der Waals surface area contributed by atoms with E-state index in [0.29, 0.717) is 10.7 Å². The Morgan fingerprint density at radius 1 is 1.40 bits per heavy atom. The van der Waals surface area contributed by atoms with Gasteiger partial charge < -0.3 is 10.5 Å². The monoisotopic (exact) mass is 245 g/mol. The third-order valence-electron chi connectivity index (χ3n) is 1.98. The summed E-state index contributed by atoms with van der Waals surface area (Å²) in [4.78, 5) is 1.17. The van der Waals surface area contributed by atoms with Gasteiger partial charge in [-0.3, -0.25) is 0 Å². The zero-order chi connectivity index (χ0) is 11.1. The Kier molecular flexibility index (Phi) is 5.91. The number of anilines is 1. The smallest absolute Gasteiger partial charge is 0.0646 e. The summed E-state index contributed by atoms with van der Waals surface area (Å²) in [5.41, 5.74) is 6.26. The van der Waals surface area contributed by atoms with E-state index in [1.54, 1.807) is 18.9 Å². The molecular formula is C11H16ClNOS. The molecule has 0 radical (unpaired) electrons. The number of halogens is 1. The normalized spacial score (nSPS) is 10.5. The fraction of sp³-hybridized carbons (Fsp3) is 0.455. The van der Waals surface area contributed by atoms with Crippen LogP contribution in [0.5, 0.6) is 0 Å². The van der Waals surface area contributed by atoms with Gasteiger partial charge in [0, 0.05) is 18.6 Å². The van der Waals surface area contributed by atoms with E-state index in [0.717, 1.165) is 25.2 Å². The van der Waals surface area contributed by atoms with Gasteiger partial charge in [-0.05, 0) is 36.8 Å². The summed E-state index contributed by atoms with van der Waals surface area (Å²) in [7, 11) is 1.73. The molecule has 0 fully saturated rings. The molecule has 0 heterocycles. The number of hydrogen-bond acceptors (Lipinski definition) is 3. The van der Waals surface area contributed by atoms with Crippen molar-refractivity contribution in [3.63, 3.8) is 0 Å². The summed E-state index contributed by atoms with van der Waals surface area (Å²) in [6.07, 6.45) is 2.26. The van der Waals surface area contributed by atoms with E-state index in [-0.39, 0.29) is 0 Å². The highest BCUT2D eigenvalue weighted by molar-refractivity contribution is 7.99. The largest absolute Gasteiger partial charge is 0.398 e. The highest BCUT2D eigenvalue weighted by Crippen LogP contribution is 2.26. The zero-order valence-corrected chi connectivity index (χ0v) is 10.4. The molecule has 1 aromatic rings. The summed E-state index contributed by atoms with van der Waals surface area (Å²) >= 11 is 7.72. The van der Waals surface area contributed by atoms with Crippen LogP contribution in [0.3, 0.4) is 0 Å². The first-order chi connectivity index (χ1) is 7.24. The molecule has 2 nitrogen and oxygen atoms in total. The van der Waals surface area contributed by atoms with Crippen molar-refractivity contribution in [2.24, 2.45) is 0 Å². The maximum absolute atomic E-state index is 5.92. The molecule has 0 spiro atoms. The molecule has 0 saturated carbocycles. The third kappa shape index (κ3) is 4.78. The number of benzene rings is 1. The maximum atomic E-state index is 5.92. The molecule has 0 amide bonds. The second kappa shape index (κ2) is 6.99. The van der Waals surface area contributed by atoms with Crippen molar-refractivity contribution in [2.75, 3.05) is 25.2 Å². The van der Waals surface area contributed by atoms with Gasteiger partial charge in [-0.1, -0.05) is 11.6 Å². The zero-order valence-electron chi connectivity index (χ0n) is 8.83. The molecule has 1 aromatic carbocycles. The number of nitrogen functional groups attached to an aromatic ring is 1. The van der Waals surface area contributed by atoms with Gasteiger partial charge in [-0.2, -0.15) is 0 Å². The first-order valence-corrected chi connectivity index (χ1v) is 6.27. The Morgan fingerprint density at radius 2 is 2.20 bits per heavy atom. The van der Waals surface area contributed by atoms with Gasteiger partial charge >= 0.3 is 0 Å². The third-order valence-corrected chi connectivity index (χ3v) is 3.39. The number of nitrogens with two attached hydrogens (primary N) is 1. The van der Waals surface area contributed by atoms with Crippen LogP contribution in [-0.2, 0) is 4.74 Å². The minimum atomic E-state index is 0.636. The number of unbranched alkanes of at least 4 members (excludes halogenated alkanes) is 1. The van der Waals surface area contributed by atoms with E-state index in [2.05, 4.69) is 0 Å². The second-order valence-corrected chi connectivity index (χ2v) is 4.81. The Bertz CT molecular complexity index is 307. The van der Waals surface area contributed by atoms with Crippen molar-refractivity contribution in [2.45, 2.75) is 17.7 Å². The quantitative estimate of drug-likeness (QED) is 0.474. The average Bonchev–Trinajstić information content (AvgIpc) is 2.23. The van der Waals surface area contributed by atoms with E-state index in [4.69, 9.17) is 22.1 Å². The minimum Gasteiger partial charge on any atom is -0.398 e. The molecule has 1 rings (SSSR count). The molecule has 0 aliphatic carbocycles. The lowest BCUT2D eigenvalue weighted by Crippen LogP contribution is -1.90. The molecular weight excluding hydrogens is 230 g/mol. The van der Waals surface area contributed by atoms with Crippen LogP contribution in [0.1, 0.15) is 12.8 Å². The lowest BCUT2D eigenvalue weighted by Gasteiger charge is -2.03. The molecule has 0 atom stereocenters. The molecule has 0 saturated heterocycles. The van der Waals surface area contributed by atoms with Crippen LogP contribution in [0.15, 0.2) is 23.1 Å². The average molecular weight is 246 g/mol. The Balaban J connectivity index is 2.28. The number of hydrogen-bond donors (Lipinski definition) is 1.